The van der Waals surface area contributed by atoms with Crippen LogP contribution < -0.4 is 0 Å². The van der Waals surface area contributed by atoms with Gasteiger partial charge in [0.2, 0.25) is 0 Å². The van der Waals surface area contributed by atoms with Crippen LogP contribution >= 0.6 is 0 Å². The summed E-state index contributed by atoms with van der Waals surface area (Å²) in [6.07, 6.45) is 45.9. The summed E-state index contributed by atoms with van der Waals surface area (Å²) < 4.78 is 16.7. The van der Waals surface area contributed by atoms with E-state index in [-0.39, 0.29) is 31.1 Å². The van der Waals surface area contributed by atoms with E-state index in [2.05, 4.69) is 45.1 Å². The van der Waals surface area contributed by atoms with Crippen molar-refractivity contribution in [2.45, 2.75) is 245 Å². The molecule has 0 amide bonds. The highest BCUT2D eigenvalue weighted by molar-refractivity contribution is 5.71. The molecule has 0 fully saturated rings. The molecule has 0 aromatic heterocycles. The normalized spacial score (nSPS) is 12.1. The minimum Gasteiger partial charge on any atom is -0.462 e. The highest BCUT2D eigenvalue weighted by Crippen LogP contribution is 2.15. The van der Waals surface area contributed by atoms with Crippen molar-refractivity contribution in [3.63, 3.8) is 0 Å². The summed E-state index contributed by atoms with van der Waals surface area (Å²) in [7, 11) is 0. The second kappa shape index (κ2) is 42.6. The lowest BCUT2D eigenvalue weighted by Crippen LogP contribution is -2.30. The largest absolute Gasteiger partial charge is 0.462 e. The van der Waals surface area contributed by atoms with Crippen LogP contribution in [-0.4, -0.2) is 37.2 Å². The number of carbonyl (C=O) groups is 3. The first-order valence-electron chi connectivity index (χ1n) is 22.8. The third-order valence-electron chi connectivity index (χ3n) is 9.91. The van der Waals surface area contributed by atoms with Gasteiger partial charge in [0.15, 0.2) is 6.10 Å². The molecule has 53 heavy (non-hydrogen) atoms. The first-order valence-corrected chi connectivity index (χ1v) is 22.8. The van der Waals surface area contributed by atoms with Crippen LogP contribution in [0.25, 0.3) is 0 Å². The fourth-order valence-corrected chi connectivity index (χ4v) is 6.42. The minimum absolute atomic E-state index is 0.0745. The van der Waals surface area contributed by atoms with Gasteiger partial charge in [-0.25, -0.2) is 0 Å². The molecule has 0 heterocycles. The predicted molar refractivity (Wildman–Crippen MR) is 224 cm³/mol. The molecule has 0 bridgehead atoms. The molecule has 0 radical (unpaired) electrons. The van der Waals surface area contributed by atoms with Gasteiger partial charge < -0.3 is 14.2 Å². The summed E-state index contributed by atoms with van der Waals surface area (Å²) >= 11 is 0. The average molecular weight is 747 g/mol. The van der Waals surface area contributed by atoms with Crippen molar-refractivity contribution in [3.05, 3.63) is 24.3 Å². The molecule has 0 spiro atoms. The summed E-state index contributed by atoms with van der Waals surface area (Å²) in [4.78, 5) is 37.7. The Labute approximate surface area is 328 Å². The maximum Gasteiger partial charge on any atom is 0.306 e. The van der Waals surface area contributed by atoms with E-state index in [1.54, 1.807) is 0 Å². The van der Waals surface area contributed by atoms with E-state index in [0.717, 1.165) is 83.5 Å². The molecule has 310 valence electrons. The number of unbranched alkanes of at least 4 members (excludes halogenated alkanes) is 26. The summed E-state index contributed by atoms with van der Waals surface area (Å²) in [5, 5.41) is 0. The molecule has 0 N–H and O–H groups in total. The summed E-state index contributed by atoms with van der Waals surface area (Å²) in [6, 6.07) is 0. The topological polar surface area (TPSA) is 78.9 Å². The zero-order valence-electron chi connectivity index (χ0n) is 35.3. The van der Waals surface area contributed by atoms with Gasteiger partial charge in [0.05, 0.1) is 0 Å². The molecule has 0 saturated carbocycles. The molecule has 6 nitrogen and oxygen atoms in total. The second-order valence-corrected chi connectivity index (χ2v) is 15.3. The van der Waals surface area contributed by atoms with E-state index >= 15 is 0 Å². The van der Waals surface area contributed by atoms with E-state index < -0.39 is 6.10 Å². The van der Waals surface area contributed by atoms with E-state index in [1.807, 2.05) is 0 Å². The van der Waals surface area contributed by atoms with E-state index in [9.17, 15) is 14.4 Å². The molecule has 0 rings (SSSR count). The quantitative estimate of drug-likeness (QED) is 0.0268. The third-order valence-corrected chi connectivity index (χ3v) is 9.91. The fraction of sp³-hybridized carbons (Fsp3) is 0.851. The van der Waals surface area contributed by atoms with Crippen LogP contribution in [0.5, 0.6) is 0 Å². The molecule has 1 atom stereocenters. The fourth-order valence-electron chi connectivity index (χ4n) is 6.42. The van der Waals surface area contributed by atoms with Gasteiger partial charge in [-0.1, -0.05) is 186 Å². The van der Waals surface area contributed by atoms with Crippen LogP contribution in [0.3, 0.4) is 0 Å². The molecule has 1 unspecified atom stereocenters. The molecular formula is C47H86O6. The zero-order chi connectivity index (χ0) is 38.7. The Morgan fingerprint density at radius 2 is 0.679 bits per heavy atom. The number of hydrogen-bond donors (Lipinski definition) is 0. The van der Waals surface area contributed by atoms with Crippen molar-refractivity contribution in [3.8, 4) is 0 Å². The molecule has 0 aliphatic heterocycles. The highest BCUT2D eigenvalue weighted by Gasteiger charge is 2.19. The maximum absolute atomic E-state index is 12.7. The van der Waals surface area contributed by atoms with E-state index in [1.165, 1.54) is 116 Å². The zero-order valence-corrected chi connectivity index (χ0v) is 35.3. The van der Waals surface area contributed by atoms with Gasteiger partial charge >= 0.3 is 17.9 Å². The lowest BCUT2D eigenvalue weighted by Gasteiger charge is -2.18. The smallest absolute Gasteiger partial charge is 0.306 e. The number of hydrogen-bond acceptors (Lipinski definition) is 6. The van der Waals surface area contributed by atoms with Crippen LogP contribution in [-0.2, 0) is 28.6 Å². The Morgan fingerprint density at radius 3 is 1.08 bits per heavy atom. The first kappa shape index (κ1) is 50.9. The molecule has 0 aliphatic carbocycles. The SMILES string of the molecule is CCC/C=C\CCCCCCCC(=O)OCC(COC(=O)CCCCCCCCCCCCCCCC)OC(=O)CCCCCCC/C=C\CCCC. The molecule has 0 aliphatic rings. The van der Waals surface area contributed by atoms with E-state index in [0.29, 0.717) is 19.3 Å². The average Bonchev–Trinajstić information content (AvgIpc) is 3.15. The monoisotopic (exact) mass is 747 g/mol. The molecule has 6 heteroatoms. The lowest BCUT2D eigenvalue weighted by molar-refractivity contribution is -0.167. The molecule has 0 saturated heterocycles. The summed E-state index contributed by atoms with van der Waals surface area (Å²) in [6.45, 7) is 6.53. The van der Waals surface area contributed by atoms with Gasteiger partial charge in [-0.2, -0.15) is 0 Å². The van der Waals surface area contributed by atoms with Gasteiger partial charge in [-0.05, 0) is 57.8 Å². The van der Waals surface area contributed by atoms with Crippen molar-refractivity contribution < 1.29 is 28.6 Å². The van der Waals surface area contributed by atoms with Crippen LogP contribution in [0, 0.1) is 0 Å². The van der Waals surface area contributed by atoms with Crippen molar-refractivity contribution in [1.29, 1.82) is 0 Å². The summed E-state index contributed by atoms with van der Waals surface area (Å²) in [5.74, 6) is -0.891. The Balaban J connectivity index is 4.34. The van der Waals surface area contributed by atoms with Gasteiger partial charge in [0, 0.05) is 19.3 Å². The highest BCUT2D eigenvalue weighted by atomic mass is 16.6. The van der Waals surface area contributed by atoms with Crippen LogP contribution in [0.1, 0.15) is 239 Å². The number of esters is 3. The number of allylic oxidation sites excluding steroid dienone is 4. The standard InChI is InChI=1S/C47H86O6/c1-4-7-10-13-16-19-22-23-24-26-28-31-34-37-40-46(49)52-43-44(42-51-45(48)39-36-33-30-27-21-18-15-12-9-6-3)53-47(50)41-38-35-32-29-25-20-17-14-11-8-5-2/h12,14-15,17,44H,4-11,13,16,18-43H2,1-3H3/b15-12-,17-14-. The van der Waals surface area contributed by atoms with Gasteiger partial charge in [0.25, 0.3) is 0 Å². The molecule has 0 aromatic carbocycles. The van der Waals surface area contributed by atoms with Gasteiger partial charge in [-0.3, -0.25) is 14.4 Å². The predicted octanol–water partition coefficient (Wildman–Crippen LogP) is 14.4. The number of carbonyl (C=O) groups excluding carboxylic acids is 3. The number of ether oxygens (including phenoxy) is 3. The molecule has 0 aromatic rings. The van der Waals surface area contributed by atoms with Crippen molar-refractivity contribution >= 4 is 17.9 Å². The van der Waals surface area contributed by atoms with Crippen molar-refractivity contribution in [2.24, 2.45) is 0 Å². The third kappa shape index (κ3) is 40.9. The van der Waals surface area contributed by atoms with Crippen molar-refractivity contribution in [2.75, 3.05) is 13.2 Å². The van der Waals surface area contributed by atoms with Crippen LogP contribution in [0.2, 0.25) is 0 Å². The molecular weight excluding hydrogens is 661 g/mol. The Hall–Kier alpha value is -2.11. The van der Waals surface area contributed by atoms with Crippen molar-refractivity contribution in [1.82, 2.24) is 0 Å². The van der Waals surface area contributed by atoms with Gasteiger partial charge in [-0.15, -0.1) is 0 Å². The Bertz CT molecular complexity index is 865. The van der Waals surface area contributed by atoms with Gasteiger partial charge in [0.1, 0.15) is 13.2 Å². The Kier molecular flexibility index (Phi) is 40.9. The second-order valence-electron chi connectivity index (χ2n) is 15.3. The lowest BCUT2D eigenvalue weighted by atomic mass is 10.0. The van der Waals surface area contributed by atoms with Crippen LogP contribution in [0.15, 0.2) is 24.3 Å². The number of rotatable bonds is 41. The minimum atomic E-state index is -0.771. The van der Waals surface area contributed by atoms with E-state index in [4.69, 9.17) is 14.2 Å². The van der Waals surface area contributed by atoms with Crippen LogP contribution in [0.4, 0.5) is 0 Å². The first-order chi connectivity index (χ1) is 26.0. The Morgan fingerprint density at radius 1 is 0.358 bits per heavy atom. The summed E-state index contributed by atoms with van der Waals surface area (Å²) in [5.41, 5.74) is 0. The maximum atomic E-state index is 12.7.